The van der Waals surface area contributed by atoms with E-state index in [9.17, 15) is 4.79 Å². The van der Waals surface area contributed by atoms with Gasteiger partial charge in [-0.2, -0.15) is 5.10 Å². The largest absolute Gasteiger partial charge is 0.314 e. The standard InChI is InChI=1S/C15H25N3O/c1-16-15(8-4-3-5-9-15)10-14(19)7-6-13-11-17-18(2)12-13/h11-12,16H,3-10H2,1-2H3. The average Bonchev–Trinajstić information content (AvgIpc) is 2.83. The average molecular weight is 263 g/mol. The van der Waals surface area contributed by atoms with E-state index >= 15 is 0 Å². The van der Waals surface area contributed by atoms with Gasteiger partial charge in [0.25, 0.3) is 0 Å². The van der Waals surface area contributed by atoms with Crippen molar-refractivity contribution in [2.45, 2.75) is 56.9 Å². The first-order valence-corrected chi connectivity index (χ1v) is 7.32. The lowest BCUT2D eigenvalue weighted by Gasteiger charge is -2.36. The van der Waals surface area contributed by atoms with E-state index in [1.165, 1.54) is 19.3 Å². The van der Waals surface area contributed by atoms with Gasteiger partial charge in [0.1, 0.15) is 5.78 Å². The van der Waals surface area contributed by atoms with Crippen molar-refractivity contribution < 1.29 is 4.79 Å². The van der Waals surface area contributed by atoms with Crippen molar-refractivity contribution in [3.63, 3.8) is 0 Å². The SMILES string of the molecule is CNC1(CC(=O)CCc2cnn(C)c2)CCCCC1. The predicted molar refractivity (Wildman–Crippen MR) is 76.0 cm³/mol. The molecule has 106 valence electrons. The number of carbonyl (C=O) groups is 1. The quantitative estimate of drug-likeness (QED) is 0.856. The Morgan fingerprint density at radius 2 is 2.16 bits per heavy atom. The Labute approximate surface area is 115 Å². The molecular weight excluding hydrogens is 238 g/mol. The number of hydrogen-bond acceptors (Lipinski definition) is 3. The normalized spacial score (nSPS) is 18.4. The molecule has 19 heavy (non-hydrogen) atoms. The Kier molecular flexibility index (Phi) is 4.75. The summed E-state index contributed by atoms with van der Waals surface area (Å²) in [6.07, 6.45) is 12.1. The highest BCUT2D eigenvalue weighted by molar-refractivity contribution is 5.79. The summed E-state index contributed by atoms with van der Waals surface area (Å²) in [7, 11) is 3.91. The Hall–Kier alpha value is -1.16. The number of Topliss-reactive ketones (excluding diaryl/α,β-unsaturated/α-hetero) is 1. The first-order valence-electron chi connectivity index (χ1n) is 7.32. The third-order valence-electron chi connectivity index (χ3n) is 4.33. The highest BCUT2D eigenvalue weighted by Crippen LogP contribution is 2.31. The maximum absolute atomic E-state index is 12.2. The van der Waals surface area contributed by atoms with Crippen molar-refractivity contribution in [1.82, 2.24) is 15.1 Å². The molecule has 0 atom stereocenters. The lowest BCUT2D eigenvalue weighted by Crippen LogP contribution is -2.46. The fraction of sp³-hybridized carbons (Fsp3) is 0.733. The molecule has 0 aliphatic heterocycles. The summed E-state index contributed by atoms with van der Waals surface area (Å²) in [6.45, 7) is 0. The number of aryl methyl sites for hydroxylation is 2. The van der Waals surface area contributed by atoms with Crippen LogP contribution >= 0.6 is 0 Å². The molecule has 0 aromatic carbocycles. The van der Waals surface area contributed by atoms with Crippen molar-refractivity contribution in [2.75, 3.05) is 7.05 Å². The molecule has 1 aromatic heterocycles. The van der Waals surface area contributed by atoms with Gasteiger partial charge in [-0.1, -0.05) is 19.3 Å². The third kappa shape index (κ3) is 3.90. The fourth-order valence-electron chi connectivity index (χ4n) is 3.09. The van der Waals surface area contributed by atoms with E-state index < -0.39 is 0 Å². The van der Waals surface area contributed by atoms with Crippen molar-refractivity contribution >= 4 is 5.78 Å². The molecule has 1 saturated carbocycles. The fourth-order valence-corrected chi connectivity index (χ4v) is 3.09. The van der Waals surface area contributed by atoms with E-state index in [1.807, 2.05) is 26.5 Å². The molecule has 2 rings (SSSR count). The summed E-state index contributed by atoms with van der Waals surface area (Å²) >= 11 is 0. The zero-order valence-corrected chi connectivity index (χ0v) is 12.1. The summed E-state index contributed by atoms with van der Waals surface area (Å²) in [5.74, 6) is 0.375. The number of nitrogens with one attached hydrogen (secondary N) is 1. The van der Waals surface area contributed by atoms with E-state index in [1.54, 1.807) is 4.68 Å². The van der Waals surface area contributed by atoms with Gasteiger partial charge in [-0.25, -0.2) is 0 Å². The number of carbonyl (C=O) groups excluding carboxylic acids is 1. The zero-order valence-electron chi connectivity index (χ0n) is 12.1. The highest BCUT2D eigenvalue weighted by Gasteiger charge is 2.32. The lowest BCUT2D eigenvalue weighted by molar-refractivity contribution is -0.120. The molecule has 1 fully saturated rings. The van der Waals surface area contributed by atoms with Crippen LogP contribution in [-0.2, 0) is 18.3 Å². The Morgan fingerprint density at radius 3 is 2.74 bits per heavy atom. The van der Waals surface area contributed by atoms with Gasteiger partial charge in [0.05, 0.1) is 6.20 Å². The third-order valence-corrected chi connectivity index (χ3v) is 4.33. The van der Waals surface area contributed by atoms with Gasteiger partial charge in [-0.05, 0) is 31.9 Å². The Bertz CT molecular complexity index is 419. The van der Waals surface area contributed by atoms with Crippen molar-refractivity contribution in [3.8, 4) is 0 Å². The van der Waals surface area contributed by atoms with E-state index in [0.717, 1.165) is 24.8 Å². The molecule has 0 saturated heterocycles. The van der Waals surface area contributed by atoms with Crippen molar-refractivity contribution in [3.05, 3.63) is 18.0 Å². The molecule has 1 aliphatic carbocycles. The summed E-state index contributed by atoms with van der Waals surface area (Å²) < 4.78 is 1.79. The molecule has 4 nitrogen and oxygen atoms in total. The molecule has 1 heterocycles. The van der Waals surface area contributed by atoms with E-state index in [4.69, 9.17) is 0 Å². The maximum Gasteiger partial charge on any atom is 0.135 e. The van der Waals surface area contributed by atoms with Crippen LogP contribution in [0.15, 0.2) is 12.4 Å². The minimum Gasteiger partial charge on any atom is -0.314 e. The van der Waals surface area contributed by atoms with E-state index in [2.05, 4.69) is 10.4 Å². The molecule has 0 bridgehead atoms. The van der Waals surface area contributed by atoms with Crippen LogP contribution in [0.2, 0.25) is 0 Å². The number of hydrogen-bond donors (Lipinski definition) is 1. The van der Waals surface area contributed by atoms with Gasteiger partial charge >= 0.3 is 0 Å². The van der Waals surface area contributed by atoms with Gasteiger partial charge < -0.3 is 5.32 Å². The zero-order chi connectivity index (χ0) is 13.7. The molecule has 1 N–H and O–H groups in total. The first kappa shape index (κ1) is 14.3. The summed E-state index contributed by atoms with van der Waals surface area (Å²) in [6, 6.07) is 0. The van der Waals surface area contributed by atoms with E-state index in [0.29, 0.717) is 18.6 Å². The molecule has 1 aromatic rings. The van der Waals surface area contributed by atoms with Crippen LogP contribution in [0, 0.1) is 0 Å². The highest BCUT2D eigenvalue weighted by atomic mass is 16.1. The molecular formula is C15H25N3O. The predicted octanol–water partition coefficient (Wildman–Crippen LogP) is 2.23. The second-order valence-corrected chi connectivity index (χ2v) is 5.83. The van der Waals surface area contributed by atoms with Crippen LogP contribution in [0.5, 0.6) is 0 Å². The van der Waals surface area contributed by atoms with Gasteiger partial charge in [0, 0.05) is 31.6 Å². The second-order valence-electron chi connectivity index (χ2n) is 5.83. The minimum absolute atomic E-state index is 0.0737. The van der Waals surface area contributed by atoms with E-state index in [-0.39, 0.29) is 5.54 Å². The number of aromatic nitrogens is 2. The van der Waals surface area contributed by atoms with Crippen LogP contribution in [-0.4, -0.2) is 28.2 Å². The number of rotatable bonds is 6. The van der Waals surface area contributed by atoms with Crippen LogP contribution in [0.4, 0.5) is 0 Å². The van der Waals surface area contributed by atoms with Crippen LogP contribution in [0.25, 0.3) is 0 Å². The Morgan fingerprint density at radius 1 is 1.42 bits per heavy atom. The number of nitrogens with zero attached hydrogens (tertiary/aromatic N) is 2. The summed E-state index contributed by atoms with van der Waals surface area (Å²) in [5, 5.41) is 7.55. The van der Waals surface area contributed by atoms with Crippen molar-refractivity contribution in [1.29, 1.82) is 0 Å². The monoisotopic (exact) mass is 263 g/mol. The molecule has 0 radical (unpaired) electrons. The smallest absolute Gasteiger partial charge is 0.135 e. The Balaban J connectivity index is 1.82. The molecule has 0 spiro atoms. The topological polar surface area (TPSA) is 46.9 Å². The number of ketones is 1. The van der Waals surface area contributed by atoms with Gasteiger partial charge in [-0.3, -0.25) is 9.48 Å². The molecule has 0 unspecified atom stereocenters. The summed E-state index contributed by atoms with van der Waals surface area (Å²) in [5.41, 5.74) is 1.22. The lowest BCUT2D eigenvalue weighted by atomic mass is 9.78. The van der Waals surface area contributed by atoms with Crippen LogP contribution in [0.1, 0.15) is 50.5 Å². The first-order chi connectivity index (χ1) is 9.13. The van der Waals surface area contributed by atoms with Gasteiger partial charge in [-0.15, -0.1) is 0 Å². The van der Waals surface area contributed by atoms with Crippen molar-refractivity contribution in [2.24, 2.45) is 7.05 Å². The van der Waals surface area contributed by atoms with Gasteiger partial charge in [0.15, 0.2) is 0 Å². The molecule has 0 amide bonds. The maximum atomic E-state index is 12.2. The molecule has 1 aliphatic rings. The van der Waals surface area contributed by atoms with Crippen LogP contribution < -0.4 is 5.32 Å². The molecule has 4 heteroatoms. The summed E-state index contributed by atoms with van der Waals surface area (Å²) in [4.78, 5) is 12.2. The van der Waals surface area contributed by atoms with Gasteiger partial charge in [0.2, 0.25) is 0 Å². The minimum atomic E-state index is 0.0737. The van der Waals surface area contributed by atoms with Crippen LogP contribution in [0.3, 0.4) is 0 Å². The second kappa shape index (κ2) is 6.33.